The van der Waals surface area contributed by atoms with Crippen molar-refractivity contribution in [3.05, 3.63) is 29.3 Å². The van der Waals surface area contributed by atoms with E-state index in [-0.39, 0.29) is 0 Å². The SMILES string of the molecule is CC(=O)O.CC(=O)O.CC(=O)O.CC(CN)Nc1ccc(Cl)cc1. The third-order valence-electron chi connectivity index (χ3n) is 1.61. The van der Waals surface area contributed by atoms with Crippen LogP contribution in [0.4, 0.5) is 5.69 Å². The second kappa shape index (κ2) is 17.0. The van der Waals surface area contributed by atoms with Gasteiger partial charge in [0.15, 0.2) is 0 Å². The Morgan fingerprint density at radius 1 is 1.00 bits per heavy atom. The number of carboxylic acid groups (broad SMARTS) is 3. The maximum Gasteiger partial charge on any atom is 0.300 e. The third-order valence-corrected chi connectivity index (χ3v) is 1.86. The standard InChI is InChI=1S/C9H13ClN2.3C2H4O2/c1-7(6-11)12-9-4-2-8(10)3-5-9;3*1-2(3)4/h2-5,7,12H,6,11H2,1H3;3*1H3,(H,3,4). The van der Waals surface area contributed by atoms with Crippen molar-refractivity contribution in [1.82, 2.24) is 0 Å². The zero-order valence-corrected chi connectivity index (χ0v) is 14.9. The molecule has 1 rings (SSSR count). The van der Waals surface area contributed by atoms with Crippen LogP contribution in [0.5, 0.6) is 0 Å². The number of nitrogens with two attached hydrogens (primary N) is 1. The number of hydrogen-bond donors (Lipinski definition) is 5. The first kappa shape index (κ1) is 26.6. The first-order valence-electron chi connectivity index (χ1n) is 6.73. The van der Waals surface area contributed by atoms with Crippen molar-refractivity contribution >= 4 is 35.2 Å². The molecule has 0 bridgehead atoms. The van der Waals surface area contributed by atoms with Gasteiger partial charge in [0.2, 0.25) is 0 Å². The lowest BCUT2D eigenvalue weighted by Gasteiger charge is -2.12. The summed E-state index contributed by atoms with van der Waals surface area (Å²) in [6.45, 7) is 5.91. The molecule has 0 heterocycles. The van der Waals surface area contributed by atoms with Crippen LogP contribution in [0.2, 0.25) is 5.02 Å². The summed E-state index contributed by atoms with van der Waals surface area (Å²) in [5.41, 5.74) is 6.51. The van der Waals surface area contributed by atoms with Crippen molar-refractivity contribution in [3.63, 3.8) is 0 Å². The zero-order chi connectivity index (χ0) is 19.7. The number of carboxylic acids is 3. The van der Waals surface area contributed by atoms with E-state index < -0.39 is 17.9 Å². The Kier molecular flexibility index (Phi) is 18.9. The van der Waals surface area contributed by atoms with Gasteiger partial charge in [0.05, 0.1) is 0 Å². The number of rotatable bonds is 3. The topological polar surface area (TPSA) is 150 Å². The summed E-state index contributed by atoms with van der Waals surface area (Å²) >= 11 is 5.73. The van der Waals surface area contributed by atoms with Crippen LogP contribution in [-0.4, -0.2) is 45.8 Å². The molecule has 0 saturated carbocycles. The fraction of sp³-hybridized carbons (Fsp3) is 0.400. The summed E-state index contributed by atoms with van der Waals surface area (Å²) < 4.78 is 0. The molecule has 0 radical (unpaired) electrons. The third kappa shape index (κ3) is 36.7. The van der Waals surface area contributed by atoms with E-state index in [1.54, 1.807) is 0 Å². The Balaban J connectivity index is -0.000000304. The van der Waals surface area contributed by atoms with Gasteiger partial charge in [-0.1, -0.05) is 11.6 Å². The molecule has 0 aliphatic heterocycles. The molecular weight excluding hydrogens is 340 g/mol. The highest BCUT2D eigenvalue weighted by molar-refractivity contribution is 6.30. The molecular formula is C15H25ClN2O6. The molecule has 1 atom stereocenters. The molecule has 0 aliphatic rings. The molecule has 1 aromatic rings. The van der Waals surface area contributed by atoms with Crippen molar-refractivity contribution in [1.29, 1.82) is 0 Å². The zero-order valence-electron chi connectivity index (χ0n) is 14.1. The van der Waals surface area contributed by atoms with E-state index in [0.29, 0.717) is 12.6 Å². The first-order valence-corrected chi connectivity index (χ1v) is 7.10. The van der Waals surface area contributed by atoms with E-state index in [1.165, 1.54) is 0 Å². The van der Waals surface area contributed by atoms with Crippen LogP contribution in [0.15, 0.2) is 24.3 Å². The number of aliphatic carboxylic acids is 3. The number of benzene rings is 1. The van der Waals surface area contributed by atoms with Gasteiger partial charge in [-0.05, 0) is 31.2 Å². The van der Waals surface area contributed by atoms with Crippen molar-refractivity contribution in [2.24, 2.45) is 5.73 Å². The average molecular weight is 365 g/mol. The Bertz CT molecular complexity index is 439. The van der Waals surface area contributed by atoms with Gasteiger partial charge in [0.1, 0.15) is 0 Å². The summed E-state index contributed by atoms with van der Waals surface area (Å²) in [5, 5.41) is 26.2. The van der Waals surface area contributed by atoms with Crippen LogP contribution in [0.25, 0.3) is 0 Å². The molecule has 24 heavy (non-hydrogen) atoms. The quantitative estimate of drug-likeness (QED) is 0.548. The van der Waals surface area contributed by atoms with Crippen LogP contribution in [0.1, 0.15) is 27.7 Å². The summed E-state index contributed by atoms with van der Waals surface area (Å²) in [7, 11) is 0. The van der Waals surface area contributed by atoms with E-state index >= 15 is 0 Å². The van der Waals surface area contributed by atoms with Crippen molar-refractivity contribution < 1.29 is 29.7 Å². The average Bonchev–Trinajstić information content (AvgIpc) is 2.39. The molecule has 0 spiro atoms. The van der Waals surface area contributed by atoms with Crippen LogP contribution in [-0.2, 0) is 14.4 Å². The van der Waals surface area contributed by atoms with Gasteiger partial charge in [0, 0.05) is 44.1 Å². The lowest BCUT2D eigenvalue weighted by atomic mass is 10.2. The Labute approximate surface area is 146 Å². The normalized spacial score (nSPS) is 9.42. The first-order chi connectivity index (χ1) is 10.9. The lowest BCUT2D eigenvalue weighted by Crippen LogP contribution is -2.24. The van der Waals surface area contributed by atoms with Gasteiger partial charge >= 0.3 is 0 Å². The van der Waals surface area contributed by atoms with Gasteiger partial charge in [-0.15, -0.1) is 0 Å². The molecule has 0 aromatic heterocycles. The maximum absolute atomic E-state index is 9.00. The van der Waals surface area contributed by atoms with Gasteiger partial charge in [-0.25, -0.2) is 0 Å². The Morgan fingerprint density at radius 3 is 1.54 bits per heavy atom. The van der Waals surface area contributed by atoms with Gasteiger partial charge in [0.25, 0.3) is 17.9 Å². The number of carbonyl (C=O) groups is 3. The van der Waals surface area contributed by atoms with Crippen molar-refractivity contribution in [2.45, 2.75) is 33.7 Å². The van der Waals surface area contributed by atoms with Gasteiger partial charge in [-0.2, -0.15) is 0 Å². The van der Waals surface area contributed by atoms with E-state index in [9.17, 15) is 0 Å². The Hall–Kier alpha value is -2.32. The molecule has 0 amide bonds. The van der Waals surface area contributed by atoms with Crippen LogP contribution < -0.4 is 11.1 Å². The molecule has 1 aromatic carbocycles. The highest BCUT2D eigenvalue weighted by Gasteiger charge is 1.97. The molecule has 138 valence electrons. The fourth-order valence-electron chi connectivity index (χ4n) is 0.890. The monoisotopic (exact) mass is 364 g/mol. The lowest BCUT2D eigenvalue weighted by molar-refractivity contribution is -0.135. The van der Waals surface area contributed by atoms with E-state index in [2.05, 4.69) is 5.32 Å². The maximum atomic E-state index is 9.00. The minimum atomic E-state index is -0.833. The van der Waals surface area contributed by atoms with Crippen molar-refractivity contribution in [2.75, 3.05) is 11.9 Å². The number of hydrogen-bond acceptors (Lipinski definition) is 5. The molecule has 6 N–H and O–H groups in total. The number of halogens is 1. The second-order valence-electron chi connectivity index (χ2n) is 4.35. The van der Waals surface area contributed by atoms with Crippen LogP contribution >= 0.6 is 11.6 Å². The summed E-state index contributed by atoms with van der Waals surface area (Å²) in [6, 6.07) is 7.88. The molecule has 0 saturated heterocycles. The molecule has 0 fully saturated rings. The van der Waals surface area contributed by atoms with E-state index in [4.69, 9.17) is 47.0 Å². The van der Waals surface area contributed by atoms with Gasteiger partial charge in [-0.3, -0.25) is 14.4 Å². The number of nitrogens with one attached hydrogen (secondary N) is 1. The Morgan fingerprint density at radius 2 is 1.29 bits per heavy atom. The van der Waals surface area contributed by atoms with E-state index in [0.717, 1.165) is 31.5 Å². The predicted molar refractivity (Wildman–Crippen MR) is 93.5 cm³/mol. The van der Waals surface area contributed by atoms with Crippen molar-refractivity contribution in [3.8, 4) is 0 Å². The molecule has 0 aliphatic carbocycles. The summed E-state index contributed by atoms with van der Waals surface area (Å²) in [5.74, 6) is -2.50. The minimum Gasteiger partial charge on any atom is -0.481 e. The molecule has 9 heteroatoms. The summed E-state index contributed by atoms with van der Waals surface area (Å²) in [6.07, 6.45) is 0. The molecule has 8 nitrogen and oxygen atoms in total. The van der Waals surface area contributed by atoms with Crippen LogP contribution in [0, 0.1) is 0 Å². The number of anilines is 1. The van der Waals surface area contributed by atoms with Gasteiger partial charge < -0.3 is 26.4 Å². The molecule has 1 unspecified atom stereocenters. The highest BCUT2D eigenvalue weighted by Crippen LogP contribution is 2.13. The highest BCUT2D eigenvalue weighted by atomic mass is 35.5. The largest absolute Gasteiger partial charge is 0.481 e. The second-order valence-corrected chi connectivity index (χ2v) is 4.78. The van der Waals surface area contributed by atoms with E-state index in [1.807, 2.05) is 31.2 Å². The summed E-state index contributed by atoms with van der Waals surface area (Å²) in [4.78, 5) is 27.0. The predicted octanol–water partition coefficient (Wildman–Crippen LogP) is 2.37. The fourth-order valence-corrected chi connectivity index (χ4v) is 1.02. The smallest absolute Gasteiger partial charge is 0.300 e. The van der Waals surface area contributed by atoms with Crippen LogP contribution in [0.3, 0.4) is 0 Å². The minimum absolute atomic E-state index is 0.297.